The van der Waals surface area contributed by atoms with E-state index in [-0.39, 0.29) is 11.8 Å². The highest BCUT2D eigenvalue weighted by Gasteiger charge is 2.26. The summed E-state index contributed by atoms with van der Waals surface area (Å²) in [5, 5.41) is 14.1. The molecule has 1 saturated heterocycles. The number of halogens is 1. The molecule has 1 heterocycles. The van der Waals surface area contributed by atoms with E-state index in [9.17, 15) is 9.90 Å². The third-order valence-corrected chi connectivity index (χ3v) is 5.21. The van der Waals surface area contributed by atoms with Crippen molar-refractivity contribution in [1.82, 2.24) is 10.2 Å². The fourth-order valence-electron chi connectivity index (χ4n) is 3.34. The van der Waals surface area contributed by atoms with E-state index in [2.05, 4.69) is 10.2 Å². The maximum absolute atomic E-state index is 12.4. The number of benzene rings is 2. The van der Waals surface area contributed by atoms with Crippen LogP contribution in [0.2, 0.25) is 5.02 Å². The summed E-state index contributed by atoms with van der Waals surface area (Å²) < 4.78 is 0. The van der Waals surface area contributed by atoms with E-state index in [1.807, 2.05) is 42.5 Å². The average molecular weight is 373 g/mol. The van der Waals surface area contributed by atoms with Crippen molar-refractivity contribution < 1.29 is 9.90 Å². The number of likely N-dealkylation sites (tertiary alicyclic amines) is 1. The van der Waals surface area contributed by atoms with Crippen LogP contribution >= 0.6 is 11.6 Å². The molecule has 0 unspecified atom stereocenters. The monoisotopic (exact) mass is 372 g/mol. The number of piperidine rings is 1. The van der Waals surface area contributed by atoms with Crippen LogP contribution in [-0.2, 0) is 11.3 Å². The quantitative estimate of drug-likeness (QED) is 0.817. The zero-order valence-electron chi connectivity index (χ0n) is 14.8. The summed E-state index contributed by atoms with van der Waals surface area (Å²) in [6.07, 6.45) is 1.12. The molecule has 5 heteroatoms. The molecule has 4 nitrogen and oxygen atoms in total. The highest BCUT2D eigenvalue weighted by Crippen LogP contribution is 2.22. The summed E-state index contributed by atoms with van der Waals surface area (Å²) in [5.41, 5.74) is 1.99. The topological polar surface area (TPSA) is 52.6 Å². The molecule has 3 rings (SSSR count). The highest BCUT2D eigenvalue weighted by atomic mass is 35.5. The molecule has 1 amide bonds. The van der Waals surface area contributed by atoms with Crippen molar-refractivity contribution in [2.45, 2.75) is 25.5 Å². The van der Waals surface area contributed by atoms with Crippen molar-refractivity contribution >= 4 is 17.5 Å². The minimum absolute atomic E-state index is 0.0580. The molecule has 0 saturated carbocycles. The summed E-state index contributed by atoms with van der Waals surface area (Å²) in [6.45, 7) is 2.82. The maximum Gasteiger partial charge on any atom is 0.223 e. The van der Waals surface area contributed by atoms with E-state index < -0.39 is 6.10 Å². The molecule has 26 heavy (non-hydrogen) atoms. The Hall–Kier alpha value is -1.88. The van der Waals surface area contributed by atoms with Crippen LogP contribution in [0.25, 0.3) is 0 Å². The molecule has 1 fully saturated rings. The summed E-state index contributed by atoms with van der Waals surface area (Å²) in [6, 6.07) is 17.3. The van der Waals surface area contributed by atoms with Crippen molar-refractivity contribution in [3.8, 4) is 0 Å². The first-order chi connectivity index (χ1) is 12.6. The van der Waals surface area contributed by atoms with Crippen molar-refractivity contribution in [2.75, 3.05) is 19.6 Å². The van der Waals surface area contributed by atoms with Gasteiger partial charge in [-0.05, 0) is 49.2 Å². The van der Waals surface area contributed by atoms with E-state index in [1.54, 1.807) is 12.1 Å². The zero-order chi connectivity index (χ0) is 18.4. The van der Waals surface area contributed by atoms with Gasteiger partial charge in [0.25, 0.3) is 0 Å². The Labute approximate surface area is 159 Å². The molecule has 0 spiro atoms. The lowest BCUT2D eigenvalue weighted by molar-refractivity contribution is -0.126. The lowest BCUT2D eigenvalue weighted by Gasteiger charge is -2.32. The Balaban J connectivity index is 1.42. The van der Waals surface area contributed by atoms with Gasteiger partial charge in [0.2, 0.25) is 5.91 Å². The van der Waals surface area contributed by atoms with Crippen molar-refractivity contribution in [1.29, 1.82) is 0 Å². The van der Waals surface area contributed by atoms with Crippen LogP contribution in [0.1, 0.15) is 30.1 Å². The lowest BCUT2D eigenvalue weighted by Crippen LogP contribution is -2.41. The second-order valence-electron chi connectivity index (χ2n) is 6.85. The van der Waals surface area contributed by atoms with Crippen LogP contribution in [0.4, 0.5) is 0 Å². The minimum atomic E-state index is -0.532. The molecular weight excluding hydrogens is 348 g/mol. The van der Waals surface area contributed by atoms with Gasteiger partial charge in [-0.25, -0.2) is 0 Å². The van der Waals surface area contributed by atoms with Gasteiger partial charge in [0, 0.05) is 24.0 Å². The predicted molar refractivity (Wildman–Crippen MR) is 104 cm³/mol. The van der Waals surface area contributed by atoms with E-state index >= 15 is 0 Å². The second-order valence-corrected chi connectivity index (χ2v) is 7.28. The van der Waals surface area contributed by atoms with Gasteiger partial charge >= 0.3 is 0 Å². The van der Waals surface area contributed by atoms with Crippen LogP contribution < -0.4 is 5.32 Å². The van der Waals surface area contributed by atoms with Crippen LogP contribution in [0.15, 0.2) is 54.6 Å². The van der Waals surface area contributed by atoms with Gasteiger partial charge in [0.05, 0.1) is 6.10 Å². The minimum Gasteiger partial charge on any atom is -0.387 e. The van der Waals surface area contributed by atoms with Gasteiger partial charge < -0.3 is 15.3 Å². The predicted octanol–water partition coefficient (Wildman–Crippen LogP) is 3.40. The van der Waals surface area contributed by atoms with E-state index in [0.29, 0.717) is 18.1 Å². The summed E-state index contributed by atoms with van der Waals surface area (Å²) >= 11 is 5.89. The zero-order valence-corrected chi connectivity index (χ0v) is 15.5. The SMILES string of the molecule is O=C(NCc1ccccc1)C1CCN(C[C@H](O)c2ccc(Cl)cc2)CC1. The van der Waals surface area contributed by atoms with E-state index in [0.717, 1.165) is 37.1 Å². The standard InChI is InChI=1S/C21H25ClN2O2/c22-19-8-6-17(7-9-19)20(25)15-24-12-10-18(11-13-24)21(26)23-14-16-4-2-1-3-5-16/h1-9,18,20,25H,10-15H2,(H,23,26)/t20-/m0/s1. The number of carbonyl (C=O) groups excluding carboxylic acids is 1. The summed E-state index contributed by atoms with van der Waals surface area (Å²) in [7, 11) is 0. The van der Waals surface area contributed by atoms with Gasteiger partial charge in [-0.15, -0.1) is 0 Å². The fraction of sp³-hybridized carbons (Fsp3) is 0.381. The molecule has 0 bridgehead atoms. The molecule has 2 aromatic carbocycles. The van der Waals surface area contributed by atoms with Crippen molar-refractivity contribution in [2.24, 2.45) is 5.92 Å². The number of carbonyl (C=O) groups is 1. The molecule has 0 radical (unpaired) electrons. The number of rotatable bonds is 6. The third-order valence-electron chi connectivity index (χ3n) is 4.95. The number of nitrogens with one attached hydrogen (secondary N) is 1. The average Bonchev–Trinajstić information content (AvgIpc) is 2.68. The first-order valence-corrected chi connectivity index (χ1v) is 9.47. The van der Waals surface area contributed by atoms with Crippen LogP contribution in [0.5, 0.6) is 0 Å². The van der Waals surface area contributed by atoms with Crippen LogP contribution in [0, 0.1) is 5.92 Å². The normalized spacial score (nSPS) is 17.0. The van der Waals surface area contributed by atoms with Gasteiger partial charge in [-0.3, -0.25) is 4.79 Å². The number of β-amino-alcohol motifs (C(OH)–C–C–N with tert-alkyl or cyclic N) is 1. The van der Waals surface area contributed by atoms with Gasteiger partial charge in [0.1, 0.15) is 0 Å². The third kappa shape index (κ3) is 5.31. The number of nitrogens with zero attached hydrogens (tertiary/aromatic N) is 1. The maximum atomic E-state index is 12.4. The Kier molecular flexibility index (Phi) is 6.67. The van der Waals surface area contributed by atoms with Crippen LogP contribution in [0.3, 0.4) is 0 Å². The number of amides is 1. The lowest BCUT2D eigenvalue weighted by atomic mass is 9.95. The van der Waals surface area contributed by atoms with Crippen molar-refractivity contribution in [3.63, 3.8) is 0 Å². The first-order valence-electron chi connectivity index (χ1n) is 9.09. The van der Waals surface area contributed by atoms with E-state index in [4.69, 9.17) is 11.6 Å². The van der Waals surface area contributed by atoms with Crippen molar-refractivity contribution in [3.05, 3.63) is 70.7 Å². The van der Waals surface area contributed by atoms with Gasteiger partial charge in [-0.1, -0.05) is 54.1 Å². The second kappa shape index (κ2) is 9.17. The van der Waals surface area contributed by atoms with Gasteiger partial charge in [-0.2, -0.15) is 0 Å². The Morgan fingerprint density at radius 1 is 1.12 bits per heavy atom. The fourth-order valence-corrected chi connectivity index (χ4v) is 3.47. The molecule has 0 aliphatic carbocycles. The number of hydrogen-bond donors (Lipinski definition) is 2. The highest BCUT2D eigenvalue weighted by molar-refractivity contribution is 6.30. The Morgan fingerprint density at radius 2 is 1.77 bits per heavy atom. The number of aliphatic hydroxyl groups excluding tert-OH is 1. The smallest absolute Gasteiger partial charge is 0.223 e. The summed E-state index contributed by atoms with van der Waals surface area (Å²) in [5.74, 6) is 0.189. The molecule has 0 aromatic heterocycles. The Morgan fingerprint density at radius 3 is 2.42 bits per heavy atom. The van der Waals surface area contributed by atoms with E-state index in [1.165, 1.54) is 0 Å². The molecule has 138 valence electrons. The molecule has 2 N–H and O–H groups in total. The molecule has 1 aliphatic heterocycles. The summed E-state index contributed by atoms with van der Waals surface area (Å²) in [4.78, 5) is 14.6. The molecular formula is C21H25ClN2O2. The molecule has 1 atom stereocenters. The first kappa shape index (κ1) is 18.9. The number of hydrogen-bond acceptors (Lipinski definition) is 3. The number of aliphatic hydroxyl groups is 1. The molecule has 1 aliphatic rings. The Bertz CT molecular complexity index is 698. The van der Waals surface area contributed by atoms with Crippen LogP contribution in [-0.4, -0.2) is 35.5 Å². The molecule has 2 aromatic rings. The van der Waals surface area contributed by atoms with Gasteiger partial charge in [0.15, 0.2) is 0 Å². The largest absolute Gasteiger partial charge is 0.387 e.